The van der Waals surface area contributed by atoms with E-state index in [0.29, 0.717) is 0 Å². The van der Waals surface area contributed by atoms with Gasteiger partial charge in [-0.15, -0.1) is 0 Å². The lowest BCUT2D eigenvalue weighted by molar-refractivity contribution is -0.389. The molecule has 2 heterocycles. The van der Waals surface area contributed by atoms with Gasteiger partial charge in [0.25, 0.3) is 0 Å². The number of nitrogens with zero attached hydrogens (tertiary/aromatic N) is 5. The number of carboxylic acids is 1. The van der Waals surface area contributed by atoms with Crippen molar-refractivity contribution in [3.63, 3.8) is 0 Å². The molecule has 0 aliphatic heterocycles. The molecule has 0 amide bonds. The third-order valence-electron chi connectivity index (χ3n) is 2.32. The molecule has 0 bridgehead atoms. The van der Waals surface area contributed by atoms with Gasteiger partial charge < -0.3 is 15.2 Å². The molecule has 0 atom stereocenters. The lowest BCUT2D eigenvalue weighted by Crippen LogP contribution is -2.06. The summed E-state index contributed by atoms with van der Waals surface area (Å²) in [5.74, 6) is -1.99. The summed E-state index contributed by atoms with van der Waals surface area (Å²) in [6, 6.07) is 0.936. The zero-order valence-corrected chi connectivity index (χ0v) is 9.53. The Kier molecular flexibility index (Phi) is 3.08. The number of hydrogen-bond acceptors (Lipinski definition) is 7. The minimum absolute atomic E-state index is 0.0337. The van der Waals surface area contributed by atoms with Crippen LogP contribution in [0.2, 0.25) is 0 Å². The van der Waals surface area contributed by atoms with Crippen LogP contribution in [0.3, 0.4) is 0 Å². The lowest BCUT2D eigenvalue weighted by atomic mass is 10.2. The van der Waals surface area contributed by atoms with Crippen LogP contribution in [0.15, 0.2) is 24.8 Å². The van der Waals surface area contributed by atoms with Crippen molar-refractivity contribution in [1.82, 2.24) is 14.5 Å². The molecule has 2 aromatic heterocycles. The van der Waals surface area contributed by atoms with Crippen molar-refractivity contribution < 1.29 is 19.7 Å². The Bertz CT molecular complexity index is 723. The molecular weight excluding hydrogens is 274 g/mol. The average Bonchev–Trinajstić information content (AvgIpc) is 2.87. The second-order valence-electron chi connectivity index (χ2n) is 3.52. The van der Waals surface area contributed by atoms with Gasteiger partial charge in [0.1, 0.15) is 23.8 Å². The minimum atomic E-state index is -1.50. The number of carboxylic acid groups (broad SMARTS) is 1. The Hall–Kier alpha value is -3.37. The molecule has 0 aliphatic rings. The second kappa shape index (κ2) is 4.72. The van der Waals surface area contributed by atoms with Crippen molar-refractivity contribution in [2.75, 3.05) is 0 Å². The fourth-order valence-corrected chi connectivity index (χ4v) is 1.43. The van der Waals surface area contributed by atoms with E-state index in [2.05, 4.69) is 9.97 Å². The Balaban J connectivity index is 2.52. The van der Waals surface area contributed by atoms with E-state index >= 15 is 0 Å². The van der Waals surface area contributed by atoms with E-state index in [0.717, 1.165) is 29.4 Å². The predicted octanol–water partition coefficient (Wildman–Crippen LogP) is 0.782. The highest BCUT2D eigenvalue weighted by Crippen LogP contribution is 2.20. The summed E-state index contributed by atoms with van der Waals surface area (Å²) in [7, 11) is 0. The summed E-state index contributed by atoms with van der Waals surface area (Å²) in [6.45, 7) is 0. The summed E-state index contributed by atoms with van der Waals surface area (Å²) in [5.41, 5.74) is -1.24. The van der Waals surface area contributed by atoms with Crippen molar-refractivity contribution in [2.45, 2.75) is 0 Å². The fourth-order valence-electron chi connectivity index (χ4n) is 1.43. The van der Waals surface area contributed by atoms with Crippen molar-refractivity contribution in [3.8, 4) is 5.82 Å². The first-order chi connectivity index (χ1) is 9.40. The molecule has 1 N–H and O–H groups in total. The van der Waals surface area contributed by atoms with Crippen LogP contribution in [-0.4, -0.2) is 35.5 Å². The molecule has 11 nitrogen and oxygen atoms in total. The highest BCUT2D eigenvalue weighted by Gasteiger charge is 2.22. The number of carbonyl (C=O) groups is 1. The van der Waals surface area contributed by atoms with Gasteiger partial charge >= 0.3 is 17.5 Å². The van der Waals surface area contributed by atoms with E-state index in [1.54, 1.807) is 0 Å². The maximum atomic E-state index is 11.0. The molecule has 0 saturated heterocycles. The maximum absolute atomic E-state index is 11.0. The number of hydrogen-bond donors (Lipinski definition) is 1. The van der Waals surface area contributed by atoms with E-state index < -0.39 is 32.9 Å². The molecule has 0 radical (unpaired) electrons. The second-order valence-corrected chi connectivity index (χ2v) is 3.52. The highest BCUT2D eigenvalue weighted by atomic mass is 16.6. The van der Waals surface area contributed by atoms with Gasteiger partial charge in [-0.05, 0) is 9.91 Å². The normalized spacial score (nSPS) is 10.2. The van der Waals surface area contributed by atoms with Crippen LogP contribution in [0.1, 0.15) is 10.4 Å². The number of rotatable bonds is 4. The minimum Gasteiger partial charge on any atom is -0.477 e. The van der Waals surface area contributed by atoms with E-state index in [9.17, 15) is 25.0 Å². The molecule has 2 rings (SSSR count). The zero-order chi connectivity index (χ0) is 14.9. The molecule has 0 aliphatic carbocycles. The van der Waals surface area contributed by atoms with E-state index in [4.69, 9.17) is 5.11 Å². The zero-order valence-electron chi connectivity index (χ0n) is 9.53. The Morgan fingerprint density at radius 3 is 2.45 bits per heavy atom. The quantitative estimate of drug-likeness (QED) is 0.635. The monoisotopic (exact) mass is 279 g/mol. The van der Waals surface area contributed by atoms with Gasteiger partial charge in [-0.3, -0.25) is 14.7 Å². The molecule has 0 fully saturated rings. The summed E-state index contributed by atoms with van der Waals surface area (Å²) >= 11 is 0. The average molecular weight is 279 g/mol. The highest BCUT2D eigenvalue weighted by molar-refractivity contribution is 5.92. The predicted molar refractivity (Wildman–Crippen MR) is 61.6 cm³/mol. The SMILES string of the molecule is O=C(O)c1cc(-n2cnc([N+](=O)[O-])c2)ncc1[N+](=O)[O-]. The van der Waals surface area contributed by atoms with Crippen LogP contribution in [0.4, 0.5) is 11.5 Å². The smallest absolute Gasteiger partial charge is 0.381 e. The fraction of sp³-hybridized carbons (Fsp3) is 0. The van der Waals surface area contributed by atoms with E-state index in [-0.39, 0.29) is 5.82 Å². The van der Waals surface area contributed by atoms with Gasteiger partial charge in [0, 0.05) is 6.07 Å². The van der Waals surface area contributed by atoms with Crippen LogP contribution in [0.5, 0.6) is 0 Å². The molecule has 0 saturated carbocycles. The van der Waals surface area contributed by atoms with E-state index in [1.165, 1.54) is 0 Å². The van der Waals surface area contributed by atoms with Gasteiger partial charge in [0.15, 0.2) is 0 Å². The van der Waals surface area contributed by atoms with Gasteiger partial charge in [0.2, 0.25) is 6.33 Å². The summed E-state index contributed by atoms with van der Waals surface area (Å²) in [4.78, 5) is 37.6. The van der Waals surface area contributed by atoms with Crippen LogP contribution in [-0.2, 0) is 0 Å². The largest absolute Gasteiger partial charge is 0.477 e. The first-order valence-electron chi connectivity index (χ1n) is 4.96. The topological polar surface area (TPSA) is 154 Å². The van der Waals surface area contributed by atoms with Gasteiger partial charge in [-0.25, -0.2) is 9.78 Å². The summed E-state index contributed by atoms with van der Waals surface area (Å²) < 4.78 is 1.09. The Morgan fingerprint density at radius 1 is 1.25 bits per heavy atom. The molecule has 2 aromatic rings. The molecule has 0 spiro atoms. The third-order valence-corrected chi connectivity index (χ3v) is 2.32. The molecule has 102 valence electrons. The molecule has 0 aromatic carbocycles. The van der Waals surface area contributed by atoms with Gasteiger partial charge in [0.05, 0.1) is 4.92 Å². The van der Waals surface area contributed by atoms with Crippen molar-refractivity contribution >= 4 is 17.5 Å². The lowest BCUT2D eigenvalue weighted by Gasteiger charge is -2.01. The molecule has 11 heteroatoms. The van der Waals surface area contributed by atoms with Crippen LogP contribution in [0.25, 0.3) is 5.82 Å². The third kappa shape index (κ3) is 2.27. The number of aromatic nitrogens is 3. The van der Waals surface area contributed by atoms with Crippen molar-refractivity contribution in [1.29, 1.82) is 0 Å². The van der Waals surface area contributed by atoms with Crippen LogP contribution in [0, 0.1) is 20.2 Å². The number of aromatic carboxylic acids is 1. The molecular formula is C9H5N5O6. The first kappa shape index (κ1) is 13.1. The van der Waals surface area contributed by atoms with Crippen molar-refractivity contribution in [2.24, 2.45) is 0 Å². The van der Waals surface area contributed by atoms with Gasteiger partial charge in [-0.1, -0.05) is 0 Å². The summed E-state index contributed by atoms with van der Waals surface area (Å²) in [6.07, 6.45) is 2.84. The maximum Gasteiger partial charge on any atom is 0.381 e. The van der Waals surface area contributed by atoms with E-state index in [1.807, 2.05) is 0 Å². The Morgan fingerprint density at radius 2 is 1.95 bits per heavy atom. The Labute approximate surface area is 109 Å². The standard InChI is InChI=1S/C9H5N5O6/c15-9(16)5-1-7(10-2-6(5)13(17)18)12-3-8(11-4-12)14(19)20/h1-4H,(H,15,16). The van der Waals surface area contributed by atoms with Gasteiger partial charge in [-0.2, -0.15) is 0 Å². The van der Waals surface area contributed by atoms with Crippen LogP contribution < -0.4 is 0 Å². The van der Waals surface area contributed by atoms with Crippen LogP contribution >= 0.6 is 0 Å². The number of pyridine rings is 1. The summed E-state index contributed by atoms with van der Waals surface area (Å²) in [5, 5.41) is 30.1. The molecule has 0 unspecified atom stereocenters. The number of nitro groups is 2. The number of imidazole rings is 1. The molecule has 20 heavy (non-hydrogen) atoms. The van der Waals surface area contributed by atoms with Crippen molar-refractivity contribution in [3.05, 3.63) is 50.6 Å². The first-order valence-corrected chi connectivity index (χ1v) is 4.96.